The molecule has 6 heteroatoms. The molecule has 0 bridgehead atoms. The molecule has 1 saturated heterocycles. The van der Waals surface area contributed by atoms with Crippen molar-refractivity contribution >= 4 is 20.2 Å². The largest absolute Gasteiger partial charge is 0.400 e. The molecule has 2 N–H and O–H groups in total. The summed E-state index contributed by atoms with van der Waals surface area (Å²) >= 11 is 0. The highest BCUT2D eigenvalue weighted by Crippen LogP contribution is 2.05. The first-order chi connectivity index (χ1) is 6.38. The molecule has 0 aliphatic carbocycles. The van der Waals surface area contributed by atoms with Crippen LogP contribution in [0.15, 0.2) is 24.3 Å². The van der Waals surface area contributed by atoms with Gasteiger partial charge in [-0.15, -0.1) is 0 Å². The summed E-state index contributed by atoms with van der Waals surface area (Å²) in [6.07, 6.45) is 0. The standard InChI is InChI=1S/C7H9NO4Si/c8-6-3-1-2-4-7(6)13-10-5-9-11-12-13/h1-4,13H,5,8H2. The summed E-state index contributed by atoms with van der Waals surface area (Å²) in [5, 5.41) is 5.24. The molecule has 0 amide bonds. The van der Waals surface area contributed by atoms with Crippen molar-refractivity contribution in [2.24, 2.45) is 0 Å². The van der Waals surface area contributed by atoms with Gasteiger partial charge in [0, 0.05) is 10.9 Å². The number of nitrogens with two attached hydrogens (primary N) is 1. The summed E-state index contributed by atoms with van der Waals surface area (Å²) < 4.78 is 10.1. The fraction of sp³-hybridized carbons (Fsp3) is 0.143. The molecule has 0 aromatic heterocycles. The van der Waals surface area contributed by atoms with Crippen LogP contribution < -0.4 is 10.9 Å². The van der Waals surface area contributed by atoms with Crippen molar-refractivity contribution in [3.05, 3.63) is 24.3 Å². The van der Waals surface area contributed by atoms with Crippen LogP contribution in [0.2, 0.25) is 0 Å². The van der Waals surface area contributed by atoms with Crippen molar-refractivity contribution in [2.45, 2.75) is 0 Å². The lowest BCUT2D eigenvalue weighted by atomic mass is 10.3. The minimum Gasteiger partial charge on any atom is -0.399 e. The lowest BCUT2D eigenvalue weighted by Crippen LogP contribution is -2.42. The van der Waals surface area contributed by atoms with Crippen LogP contribution in [0.4, 0.5) is 5.69 Å². The molecular weight excluding hydrogens is 190 g/mol. The summed E-state index contributed by atoms with van der Waals surface area (Å²) in [5.74, 6) is 0. The Morgan fingerprint density at radius 2 is 2.15 bits per heavy atom. The van der Waals surface area contributed by atoms with E-state index >= 15 is 0 Å². The molecule has 1 unspecified atom stereocenters. The number of hydrogen-bond acceptors (Lipinski definition) is 5. The number of rotatable bonds is 1. The number of hydrogen-bond donors (Lipinski definition) is 1. The van der Waals surface area contributed by atoms with Gasteiger partial charge in [-0.3, -0.25) is 0 Å². The van der Waals surface area contributed by atoms with Crippen LogP contribution in [0.1, 0.15) is 0 Å². The second-order valence-electron chi connectivity index (χ2n) is 2.53. The molecule has 13 heavy (non-hydrogen) atoms. The first-order valence-corrected chi connectivity index (χ1v) is 5.31. The van der Waals surface area contributed by atoms with E-state index in [9.17, 15) is 0 Å². The maximum absolute atomic E-state index is 5.73. The van der Waals surface area contributed by atoms with Crippen molar-refractivity contribution in [3.8, 4) is 0 Å². The molecule has 1 atom stereocenters. The SMILES string of the molecule is Nc1ccccc1[SiH]1OCOOO1. The van der Waals surface area contributed by atoms with Crippen LogP contribution in [0.3, 0.4) is 0 Å². The number of para-hydroxylation sites is 1. The van der Waals surface area contributed by atoms with E-state index in [2.05, 4.69) is 9.93 Å². The van der Waals surface area contributed by atoms with Crippen molar-refractivity contribution in [2.75, 3.05) is 12.5 Å². The molecule has 1 fully saturated rings. The summed E-state index contributed by atoms with van der Waals surface area (Å²) in [6.45, 7) is 0.0885. The highest BCUT2D eigenvalue weighted by atomic mass is 28.3. The Morgan fingerprint density at radius 3 is 2.85 bits per heavy atom. The fourth-order valence-corrected chi connectivity index (χ4v) is 2.35. The second kappa shape index (κ2) is 3.86. The van der Waals surface area contributed by atoms with Crippen LogP contribution >= 0.6 is 0 Å². The maximum atomic E-state index is 5.73. The van der Waals surface area contributed by atoms with Crippen molar-refractivity contribution in [1.82, 2.24) is 0 Å². The predicted octanol–water partition coefficient (Wildman–Crippen LogP) is -0.436. The van der Waals surface area contributed by atoms with Crippen molar-refractivity contribution in [3.63, 3.8) is 0 Å². The second-order valence-corrected chi connectivity index (χ2v) is 4.34. The minimum atomic E-state index is -2.00. The molecule has 0 radical (unpaired) electrons. The third-order valence-corrected chi connectivity index (χ3v) is 3.42. The van der Waals surface area contributed by atoms with Crippen LogP contribution in [0.5, 0.6) is 0 Å². The minimum absolute atomic E-state index is 0.0885. The number of anilines is 1. The van der Waals surface area contributed by atoms with Gasteiger partial charge in [-0.2, -0.15) is 4.89 Å². The summed E-state index contributed by atoms with van der Waals surface area (Å²) in [4.78, 5) is 4.41. The van der Waals surface area contributed by atoms with Crippen LogP contribution in [0, 0.1) is 0 Å². The zero-order chi connectivity index (χ0) is 9.10. The summed E-state index contributed by atoms with van der Waals surface area (Å²) in [5.41, 5.74) is 6.39. The van der Waals surface area contributed by atoms with Gasteiger partial charge in [0.25, 0.3) is 0 Å². The Kier molecular flexibility index (Phi) is 2.57. The molecule has 1 heterocycles. The van der Waals surface area contributed by atoms with E-state index in [1.54, 1.807) is 6.07 Å². The Morgan fingerprint density at radius 1 is 1.31 bits per heavy atom. The average molecular weight is 199 g/mol. The highest BCUT2D eigenvalue weighted by molar-refractivity contribution is 6.62. The summed E-state index contributed by atoms with van der Waals surface area (Å²) in [7, 11) is -2.00. The lowest BCUT2D eigenvalue weighted by Gasteiger charge is -2.19. The quantitative estimate of drug-likeness (QED) is 0.377. The lowest BCUT2D eigenvalue weighted by molar-refractivity contribution is -0.510. The van der Waals surface area contributed by atoms with Gasteiger partial charge in [0.2, 0.25) is 0 Å². The zero-order valence-electron chi connectivity index (χ0n) is 6.80. The van der Waals surface area contributed by atoms with Gasteiger partial charge < -0.3 is 10.2 Å². The zero-order valence-corrected chi connectivity index (χ0v) is 7.96. The number of nitrogen functional groups attached to an aromatic ring is 1. The summed E-state index contributed by atoms with van der Waals surface area (Å²) in [6, 6.07) is 7.39. The smallest absolute Gasteiger partial charge is 0.399 e. The fourth-order valence-electron chi connectivity index (χ4n) is 1.07. The Hall–Kier alpha value is -0.923. The maximum Gasteiger partial charge on any atom is 0.400 e. The predicted molar refractivity (Wildman–Crippen MR) is 46.8 cm³/mol. The molecule has 5 nitrogen and oxygen atoms in total. The molecule has 2 rings (SSSR count). The normalized spacial score (nSPS) is 22.9. The molecule has 0 saturated carbocycles. The van der Waals surface area contributed by atoms with Crippen molar-refractivity contribution in [1.29, 1.82) is 0 Å². The van der Waals surface area contributed by atoms with Crippen LogP contribution in [-0.2, 0) is 18.9 Å². The van der Waals surface area contributed by atoms with Gasteiger partial charge in [-0.1, -0.05) is 23.2 Å². The third-order valence-electron chi connectivity index (χ3n) is 1.69. The Balaban J connectivity index is 2.18. The van der Waals surface area contributed by atoms with E-state index in [4.69, 9.17) is 14.7 Å². The number of benzene rings is 1. The van der Waals surface area contributed by atoms with E-state index in [0.29, 0.717) is 5.69 Å². The molecule has 1 aliphatic rings. The molecule has 1 aromatic carbocycles. The van der Waals surface area contributed by atoms with Gasteiger partial charge in [0.15, 0.2) is 6.79 Å². The topological polar surface area (TPSA) is 62.9 Å². The Bertz CT molecular complexity index is 290. The highest BCUT2D eigenvalue weighted by Gasteiger charge is 2.24. The van der Waals surface area contributed by atoms with Crippen LogP contribution in [-0.4, -0.2) is 16.1 Å². The molecule has 1 aromatic rings. The van der Waals surface area contributed by atoms with Gasteiger partial charge in [0.05, 0.1) is 0 Å². The van der Waals surface area contributed by atoms with E-state index in [1.807, 2.05) is 18.2 Å². The van der Waals surface area contributed by atoms with E-state index in [0.717, 1.165) is 5.19 Å². The van der Waals surface area contributed by atoms with E-state index in [1.165, 1.54) is 0 Å². The van der Waals surface area contributed by atoms with Crippen molar-refractivity contribution < 1.29 is 18.9 Å². The van der Waals surface area contributed by atoms with Gasteiger partial charge in [-0.05, 0) is 6.07 Å². The van der Waals surface area contributed by atoms with Gasteiger partial charge in [-0.25, -0.2) is 4.58 Å². The third kappa shape index (κ3) is 1.87. The molecule has 0 spiro atoms. The monoisotopic (exact) mass is 199 g/mol. The first-order valence-electron chi connectivity index (χ1n) is 3.79. The molecule has 1 aliphatic heterocycles. The Labute approximate surface area is 76.7 Å². The average Bonchev–Trinajstić information content (AvgIpc) is 2.20. The van der Waals surface area contributed by atoms with E-state index < -0.39 is 9.28 Å². The van der Waals surface area contributed by atoms with E-state index in [-0.39, 0.29) is 6.79 Å². The first kappa shape index (κ1) is 8.67. The van der Waals surface area contributed by atoms with Gasteiger partial charge >= 0.3 is 9.28 Å². The van der Waals surface area contributed by atoms with Crippen LogP contribution in [0.25, 0.3) is 0 Å². The molecular formula is C7H9NO4Si. The molecule has 70 valence electrons. The van der Waals surface area contributed by atoms with Gasteiger partial charge in [0.1, 0.15) is 0 Å².